The maximum Gasteiger partial charge on any atom is 0.0597 e. The molecule has 0 amide bonds. The zero-order valence-electron chi connectivity index (χ0n) is 11.1. The molecular weight excluding hydrogens is 198 g/mol. The lowest BCUT2D eigenvalue weighted by Crippen LogP contribution is -2.23. The highest BCUT2D eigenvalue weighted by molar-refractivity contribution is 5.13. The third-order valence-electron chi connectivity index (χ3n) is 2.89. The summed E-state index contributed by atoms with van der Waals surface area (Å²) in [5.74, 6) is 0. The van der Waals surface area contributed by atoms with Crippen molar-refractivity contribution >= 4 is 0 Å². The number of aromatic nitrogens is 2. The summed E-state index contributed by atoms with van der Waals surface area (Å²) in [5.41, 5.74) is 2.46. The lowest BCUT2D eigenvalue weighted by atomic mass is 10.1. The lowest BCUT2D eigenvalue weighted by Gasteiger charge is -2.18. The molecule has 0 aliphatic rings. The van der Waals surface area contributed by atoms with Gasteiger partial charge < -0.3 is 5.32 Å². The fourth-order valence-electron chi connectivity index (χ4n) is 2.11. The Kier molecular flexibility index (Phi) is 5.53. The highest BCUT2D eigenvalue weighted by Gasteiger charge is 2.15. The molecule has 0 aliphatic heterocycles. The molecule has 0 bridgehead atoms. The van der Waals surface area contributed by atoms with Gasteiger partial charge in [0.05, 0.1) is 11.4 Å². The van der Waals surface area contributed by atoms with Gasteiger partial charge in [0.2, 0.25) is 0 Å². The molecule has 1 N–H and O–H groups in total. The normalized spacial score (nSPS) is 13.0. The van der Waals surface area contributed by atoms with Gasteiger partial charge in [-0.1, -0.05) is 26.7 Å². The van der Waals surface area contributed by atoms with E-state index in [0.29, 0.717) is 6.04 Å². The second-order valence-corrected chi connectivity index (χ2v) is 4.28. The summed E-state index contributed by atoms with van der Waals surface area (Å²) in [5, 5.41) is 8.08. The van der Waals surface area contributed by atoms with Crippen LogP contribution in [-0.2, 0) is 6.54 Å². The fourth-order valence-corrected chi connectivity index (χ4v) is 2.11. The van der Waals surface area contributed by atoms with Gasteiger partial charge in [-0.2, -0.15) is 5.10 Å². The Morgan fingerprint density at radius 3 is 2.69 bits per heavy atom. The van der Waals surface area contributed by atoms with Crippen molar-refractivity contribution in [2.24, 2.45) is 0 Å². The van der Waals surface area contributed by atoms with E-state index in [0.717, 1.165) is 18.8 Å². The number of nitrogens with zero attached hydrogens (tertiary/aromatic N) is 2. The van der Waals surface area contributed by atoms with Crippen molar-refractivity contribution in [3.05, 3.63) is 17.5 Å². The highest BCUT2D eigenvalue weighted by atomic mass is 15.3. The van der Waals surface area contributed by atoms with Crippen LogP contribution in [0.3, 0.4) is 0 Å². The quantitative estimate of drug-likeness (QED) is 0.770. The molecule has 1 atom stereocenters. The van der Waals surface area contributed by atoms with Crippen LogP contribution in [0, 0.1) is 6.92 Å². The maximum atomic E-state index is 4.52. The Morgan fingerprint density at radius 1 is 1.38 bits per heavy atom. The van der Waals surface area contributed by atoms with Gasteiger partial charge in [-0.25, -0.2) is 0 Å². The van der Waals surface area contributed by atoms with Crippen LogP contribution in [-0.4, -0.2) is 16.3 Å². The summed E-state index contributed by atoms with van der Waals surface area (Å²) in [6.45, 7) is 10.6. The molecule has 3 heteroatoms. The molecule has 1 rings (SSSR count). The predicted octanol–water partition coefficient (Wildman–Crippen LogP) is 3.05. The minimum Gasteiger partial charge on any atom is -0.309 e. The first kappa shape index (κ1) is 13.2. The Bertz CT molecular complexity index is 304. The van der Waals surface area contributed by atoms with Gasteiger partial charge in [-0.15, -0.1) is 0 Å². The van der Waals surface area contributed by atoms with E-state index in [4.69, 9.17) is 0 Å². The minimum atomic E-state index is 0.464. The molecule has 16 heavy (non-hydrogen) atoms. The van der Waals surface area contributed by atoms with Gasteiger partial charge in [0.25, 0.3) is 0 Å². The molecule has 0 spiro atoms. The van der Waals surface area contributed by atoms with Gasteiger partial charge in [0, 0.05) is 12.6 Å². The molecule has 92 valence electrons. The van der Waals surface area contributed by atoms with Gasteiger partial charge in [0.15, 0.2) is 0 Å². The van der Waals surface area contributed by atoms with Crippen molar-refractivity contribution in [3.8, 4) is 0 Å². The lowest BCUT2D eigenvalue weighted by molar-refractivity contribution is 0.453. The summed E-state index contributed by atoms with van der Waals surface area (Å²) in [7, 11) is 0. The van der Waals surface area contributed by atoms with Crippen LogP contribution in [0.25, 0.3) is 0 Å². The second-order valence-electron chi connectivity index (χ2n) is 4.28. The molecule has 1 aromatic heterocycles. The van der Waals surface area contributed by atoms with Crippen LogP contribution < -0.4 is 5.32 Å². The Balaban J connectivity index is 2.81. The number of nitrogens with one attached hydrogen (secondary N) is 1. The van der Waals surface area contributed by atoms with E-state index in [2.05, 4.69) is 48.9 Å². The number of hydrogen-bond acceptors (Lipinski definition) is 2. The van der Waals surface area contributed by atoms with Gasteiger partial charge in [0.1, 0.15) is 0 Å². The summed E-state index contributed by atoms with van der Waals surface area (Å²) < 4.78 is 2.12. The molecule has 0 radical (unpaired) electrons. The van der Waals surface area contributed by atoms with Crippen LogP contribution in [0.2, 0.25) is 0 Å². The summed E-state index contributed by atoms with van der Waals surface area (Å²) in [6.07, 6.45) is 3.72. The van der Waals surface area contributed by atoms with E-state index >= 15 is 0 Å². The van der Waals surface area contributed by atoms with Gasteiger partial charge in [-0.3, -0.25) is 4.68 Å². The van der Waals surface area contributed by atoms with Crippen LogP contribution >= 0.6 is 0 Å². The number of aryl methyl sites for hydroxylation is 2. The fraction of sp³-hybridized carbons (Fsp3) is 0.769. The number of unbranched alkanes of at least 4 members (excludes halogenated alkanes) is 1. The average Bonchev–Trinajstić information content (AvgIpc) is 2.65. The smallest absolute Gasteiger partial charge is 0.0597 e. The van der Waals surface area contributed by atoms with Crippen molar-refractivity contribution in [1.82, 2.24) is 15.1 Å². The van der Waals surface area contributed by atoms with E-state index < -0.39 is 0 Å². The first-order valence-corrected chi connectivity index (χ1v) is 6.50. The molecule has 0 fully saturated rings. The first-order chi connectivity index (χ1) is 7.72. The molecule has 3 nitrogen and oxygen atoms in total. The summed E-state index contributed by atoms with van der Waals surface area (Å²) >= 11 is 0. The SMILES string of the molecule is CCCCC(NCC)c1cc(C)nn1CC. The van der Waals surface area contributed by atoms with E-state index in [-0.39, 0.29) is 0 Å². The van der Waals surface area contributed by atoms with Crippen LogP contribution in [0.15, 0.2) is 6.07 Å². The Morgan fingerprint density at radius 2 is 2.12 bits per heavy atom. The Labute approximate surface area is 99.2 Å². The molecule has 1 aromatic rings. The predicted molar refractivity (Wildman–Crippen MR) is 68.6 cm³/mol. The Hall–Kier alpha value is -0.830. The van der Waals surface area contributed by atoms with Crippen molar-refractivity contribution in [2.75, 3.05) is 6.54 Å². The van der Waals surface area contributed by atoms with E-state index in [1.54, 1.807) is 0 Å². The van der Waals surface area contributed by atoms with E-state index in [1.165, 1.54) is 25.0 Å². The summed E-state index contributed by atoms with van der Waals surface area (Å²) in [6, 6.07) is 2.68. The van der Waals surface area contributed by atoms with Crippen LogP contribution in [0.5, 0.6) is 0 Å². The highest BCUT2D eigenvalue weighted by Crippen LogP contribution is 2.20. The van der Waals surface area contributed by atoms with Crippen LogP contribution in [0.1, 0.15) is 57.5 Å². The monoisotopic (exact) mass is 223 g/mol. The van der Waals surface area contributed by atoms with E-state index in [1.807, 2.05) is 0 Å². The maximum absolute atomic E-state index is 4.52. The molecule has 1 unspecified atom stereocenters. The topological polar surface area (TPSA) is 29.9 Å². The molecule has 0 saturated carbocycles. The van der Waals surface area contributed by atoms with Crippen molar-refractivity contribution < 1.29 is 0 Å². The third-order valence-corrected chi connectivity index (χ3v) is 2.89. The van der Waals surface area contributed by atoms with E-state index in [9.17, 15) is 0 Å². The van der Waals surface area contributed by atoms with Crippen LogP contribution in [0.4, 0.5) is 0 Å². The van der Waals surface area contributed by atoms with Gasteiger partial charge in [-0.05, 0) is 32.9 Å². The molecule has 0 aromatic carbocycles. The van der Waals surface area contributed by atoms with Crippen molar-refractivity contribution in [2.45, 2.75) is 59.5 Å². The summed E-state index contributed by atoms with van der Waals surface area (Å²) in [4.78, 5) is 0. The zero-order valence-corrected chi connectivity index (χ0v) is 11.1. The van der Waals surface area contributed by atoms with Gasteiger partial charge >= 0.3 is 0 Å². The molecule has 0 aliphatic carbocycles. The zero-order chi connectivity index (χ0) is 12.0. The van der Waals surface area contributed by atoms with Crippen molar-refractivity contribution in [3.63, 3.8) is 0 Å². The third kappa shape index (κ3) is 3.34. The average molecular weight is 223 g/mol. The first-order valence-electron chi connectivity index (χ1n) is 6.50. The largest absolute Gasteiger partial charge is 0.309 e. The standard InChI is InChI=1S/C13H25N3/c1-5-8-9-12(14-6-2)13-10-11(4)15-16(13)7-3/h10,12,14H,5-9H2,1-4H3. The molecular formula is C13H25N3. The second kappa shape index (κ2) is 6.69. The van der Waals surface area contributed by atoms with Crippen molar-refractivity contribution in [1.29, 1.82) is 0 Å². The molecule has 0 saturated heterocycles. The number of rotatable bonds is 7. The number of hydrogen-bond donors (Lipinski definition) is 1. The minimum absolute atomic E-state index is 0.464. The molecule has 1 heterocycles.